The molecule has 0 saturated heterocycles. The summed E-state index contributed by atoms with van der Waals surface area (Å²) in [6.45, 7) is 16.4. The predicted molar refractivity (Wildman–Crippen MR) is 156 cm³/mol. The molecule has 0 aromatic carbocycles. The lowest BCUT2D eigenvalue weighted by molar-refractivity contribution is 0.00555. The summed E-state index contributed by atoms with van der Waals surface area (Å²) in [5, 5.41) is -1.11. The predicted octanol–water partition coefficient (Wildman–Crippen LogP) is 7.29. The van der Waals surface area contributed by atoms with Crippen molar-refractivity contribution in [1.82, 2.24) is 0 Å². The lowest BCUT2D eigenvalue weighted by Crippen LogP contribution is -2.68. The summed E-state index contributed by atoms with van der Waals surface area (Å²) in [5.41, 5.74) is 8.73. The van der Waals surface area contributed by atoms with Crippen LogP contribution in [0, 0.1) is 28.6 Å². The Hall–Kier alpha value is 0.270. The zero-order valence-electron chi connectivity index (χ0n) is 22.7. The molecule has 0 aliphatic heterocycles. The Balaban J connectivity index is 1.76. The SMILES string of the molecule is [B]C12CCC3(C)C(S)(C(C)CCC(C)C(C)C)C=C(C)C3([B])C1(S)CC=C1CC(N)CCC12C. The van der Waals surface area contributed by atoms with Crippen LogP contribution >= 0.6 is 25.3 Å². The van der Waals surface area contributed by atoms with Crippen LogP contribution in [0.25, 0.3) is 0 Å². The fourth-order valence-electron chi connectivity index (χ4n) is 8.70. The fourth-order valence-corrected chi connectivity index (χ4v) is 10.2. The lowest BCUT2D eigenvalue weighted by atomic mass is 9.26. The Kier molecular flexibility index (Phi) is 6.74. The maximum absolute atomic E-state index is 7.71. The number of hydrogen-bond acceptors (Lipinski definition) is 3. The smallest absolute Gasteiger partial charge is 0.0833 e. The molecular formula is C29H47B2NS2. The minimum absolute atomic E-state index is 0.114. The molecule has 9 atom stereocenters. The highest BCUT2D eigenvalue weighted by Crippen LogP contribution is 2.85. The van der Waals surface area contributed by atoms with E-state index in [0.29, 0.717) is 17.8 Å². The number of rotatable bonds is 5. The van der Waals surface area contributed by atoms with Gasteiger partial charge in [-0.05, 0) is 84.7 Å². The van der Waals surface area contributed by atoms with Gasteiger partial charge >= 0.3 is 0 Å². The van der Waals surface area contributed by atoms with Crippen LogP contribution in [-0.2, 0) is 0 Å². The van der Waals surface area contributed by atoms with E-state index in [1.165, 1.54) is 17.6 Å². The van der Waals surface area contributed by atoms with Gasteiger partial charge in [0, 0.05) is 15.5 Å². The van der Waals surface area contributed by atoms with Gasteiger partial charge in [-0.25, -0.2) is 0 Å². The molecule has 2 saturated carbocycles. The van der Waals surface area contributed by atoms with Gasteiger partial charge < -0.3 is 5.73 Å². The number of hydrogen-bond donors (Lipinski definition) is 3. The van der Waals surface area contributed by atoms with Gasteiger partial charge in [-0.1, -0.05) is 77.7 Å². The number of fused-ring (bicyclic) bond motifs is 5. The van der Waals surface area contributed by atoms with Crippen molar-refractivity contribution in [3.63, 3.8) is 0 Å². The molecule has 4 radical (unpaired) electrons. The van der Waals surface area contributed by atoms with E-state index in [4.69, 9.17) is 46.7 Å². The minimum Gasteiger partial charge on any atom is -0.327 e. The average molecular weight is 495 g/mol. The molecule has 0 spiro atoms. The highest BCUT2D eigenvalue weighted by molar-refractivity contribution is 7.82. The third kappa shape index (κ3) is 3.14. The van der Waals surface area contributed by atoms with E-state index < -0.39 is 15.4 Å². The molecule has 4 aliphatic carbocycles. The molecule has 5 heteroatoms. The van der Waals surface area contributed by atoms with Crippen LogP contribution in [-0.4, -0.2) is 31.2 Å². The lowest BCUT2D eigenvalue weighted by Gasteiger charge is -2.74. The highest BCUT2D eigenvalue weighted by atomic mass is 32.1. The molecule has 2 N–H and O–H groups in total. The van der Waals surface area contributed by atoms with Gasteiger partial charge in [-0.3, -0.25) is 0 Å². The largest absolute Gasteiger partial charge is 0.327 e. The summed E-state index contributed by atoms with van der Waals surface area (Å²) < 4.78 is -0.817. The molecule has 0 aromatic heterocycles. The first-order chi connectivity index (χ1) is 15.5. The number of thiol groups is 2. The van der Waals surface area contributed by atoms with Crippen molar-refractivity contribution in [2.75, 3.05) is 0 Å². The molecule has 4 rings (SSSR count). The summed E-state index contributed by atoms with van der Waals surface area (Å²) >= 11 is 11.1. The number of allylic oxidation sites excluding steroid dienone is 2. The molecule has 0 bridgehead atoms. The summed E-state index contributed by atoms with van der Waals surface area (Å²) in [6.07, 6.45) is 12.9. The third-order valence-electron chi connectivity index (χ3n) is 12.0. The zero-order valence-corrected chi connectivity index (χ0v) is 24.5. The van der Waals surface area contributed by atoms with Gasteiger partial charge in [0.25, 0.3) is 0 Å². The molecule has 34 heavy (non-hydrogen) atoms. The molecule has 0 amide bonds. The van der Waals surface area contributed by atoms with Gasteiger partial charge in [0.1, 0.15) is 0 Å². The average Bonchev–Trinajstić information content (AvgIpc) is 2.93. The van der Waals surface area contributed by atoms with Gasteiger partial charge in [0.15, 0.2) is 0 Å². The van der Waals surface area contributed by atoms with Crippen LogP contribution in [0.15, 0.2) is 23.3 Å². The van der Waals surface area contributed by atoms with Crippen molar-refractivity contribution in [2.24, 2.45) is 34.3 Å². The third-order valence-corrected chi connectivity index (χ3v) is 14.0. The van der Waals surface area contributed by atoms with E-state index in [1.807, 2.05) is 0 Å². The van der Waals surface area contributed by atoms with E-state index in [1.54, 1.807) is 0 Å². The Bertz CT molecular complexity index is 903. The van der Waals surface area contributed by atoms with Crippen molar-refractivity contribution >= 4 is 41.0 Å². The summed E-state index contributed by atoms with van der Waals surface area (Å²) in [7, 11) is 15.3. The maximum Gasteiger partial charge on any atom is 0.0833 e. The molecule has 186 valence electrons. The number of nitrogens with two attached hydrogens (primary N) is 1. The van der Waals surface area contributed by atoms with Gasteiger partial charge in [0.2, 0.25) is 0 Å². The summed E-state index contributed by atoms with van der Waals surface area (Å²) in [5.74, 6) is 1.83. The van der Waals surface area contributed by atoms with E-state index in [2.05, 4.69) is 60.6 Å². The van der Waals surface area contributed by atoms with Crippen molar-refractivity contribution in [2.45, 2.75) is 126 Å². The second kappa shape index (κ2) is 8.39. The molecular weight excluding hydrogens is 448 g/mol. The maximum atomic E-state index is 7.71. The molecule has 1 nitrogen and oxygen atoms in total. The van der Waals surface area contributed by atoms with Crippen LogP contribution in [0.5, 0.6) is 0 Å². The molecule has 2 fully saturated rings. The van der Waals surface area contributed by atoms with Crippen molar-refractivity contribution < 1.29 is 0 Å². The summed E-state index contributed by atoms with van der Waals surface area (Å²) in [6, 6.07) is 0.239. The monoisotopic (exact) mass is 495 g/mol. The topological polar surface area (TPSA) is 26.0 Å². The van der Waals surface area contributed by atoms with Crippen molar-refractivity contribution in [3.8, 4) is 0 Å². The van der Waals surface area contributed by atoms with E-state index in [9.17, 15) is 0 Å². The first-order valence-corrected chi connectivity index (χ1v) is 14.6. The van der Waals surface area contributed by atoms with Crippen molar-refractivity contribution in [3.05, 3.63) is 23.3 Å². The van der Waals surface area contributed by atoms with Crippen molar-refractivity contribution in [1.29, 1.82) is 0 Å². The standard InChI is InChI=1S/C29H47B2NS2/c1-18(2)19(3)8-9-20(4)26(33)17-21(5)29(31)25(26,7)14-15-27(30)24(6)12-11-23(32)16-22(24)10-13-28(27,29)34/h10,17-20,23,33-34H,8-9,11-16,32H2,1-7H3. The molecule has 0 aromatic rings. The van der Waals surface area contributed by atoms with Crippen LogP contribution < -0.4 is 5.73 Å². The van der Waals surface area contributed by atoms with Crippen LogP contribution in [0.4, 0.5) is 0 Å². The van der Waals surface area contributed by atoms with Crippen LogP contribution in [0.1, 0.15) is 99.8 Å². The first-order valence-electron chi connectivity index (χ1n) is 13.7. The Morgan fingerprint density at radius 3 is 2.32 bits per heavy atom. The normalized spacial score (nSPS) is 50.0. The minimum atomic E-state index is -0.625. The van der Waals surface area contributed by atoms with Crippen LogP contribution in [0.3, 0.4) is 0 Å². The second-order valence-corrected chi connectivity index (χ2v) is 15.1. The molecule has 9 unspecified atom stereocenters. The highest BCUT2D eigenvalue weighted by Gasteiger charge is 2.76. The van der Waals surface area contributed by atoms with E-state index in [-0.39, 0.29) is 21.6 Å². The Labute approximate surface area is 224 Å². The molecule has 0 heterocycles. The van der Waals surface area contributed by atoms with E-state index in [0.717, 1.165) is 44.9 Å². The van der Waals surface area contributed by atoms with Gasteiger partial charge in [-0.2, -0.15) is 25.3 Å². The van der Waals surface area contributed by atoms with Crippen LogP contribution in [0.2, 0.25) is 10.6 Å². The van der Waals surface area contributed by atoms with Gasteiger partial charge in [-0.15, -0.1) is 0 Å². The Morgan fingerprint density at radius 2 is 1.71 bits per heavy atom. The quantitative estimate of drug-likeness (QED) is 0.208. The second-order valence-electron chi connectivity index (χ2n) is 13.6. The molecule has 4 aliphatic rings. The Morgan fingerprint density at radius 1 is 1.06 bits per heavy atom. The fraction of sp³-hybridized carbons (Fsp3) is 0.862. The van der Waals surface area contributed by atoms with E-state index >= 15 is 0 Å². The zero-order chi connectivity index (χ0) is 25.5. The van der Waals surface area contributed by atoms with Gasteiger partial charge in [0.05, 0.1) is 15.7 Å². The first kappa shape index (κ1) is 27.3. The summed E-state index contributed by atoms with van der Waals surface area (Å²) in [4.78, 5) is 0.